The van der Waals surface area contributed by atoms with E-state index in [0.717, 1.165) is 62.8 Å². The van der Waals surface area contributed by atoms with E-state index in [0.29, 0.717) is 5.91 Å². The van der Waals surface area contributed by atoms with E-state index in [1.165, 1.54) is 10.4 Å². The van der Waals surface area contributed by atoms with Crippen LogP contribution in [0.4, 0.5) is 10.8 Å². The Kier molecular flexibility index (Phi) is 5.10. The first-order valence-electron chi connectivity index (χ1n) is 10.5. The second-order valence-corrected chi connectivity index (χ2v) is 8.91. The Morgan fingerprint density at radius 1 is 0.897 bits per heavy atom. The number of para-hydroxylation sites is 2. The third-order valence-electron chi connectivity index (χ3n) is 6.04. The summed E-state index contributed by atoms with van der Waals surface area (Å²) in [6.07, 6.45) is 2.04. The number of piperidine rings is 1. The average molecular weight is 407 g/mol. The fourth-order valence-electron chi connectivity index (χ4n) is 4.43. The van der Waals surface area contributed by atoms with Crippen LogP contribution in [0.3, 0.4) is 0 Å². The van der Waals surface area contributed by atoms with E-state index >= 15 is 0 Å². The number of fused-ring (bicyclic) bond motifs is 1. The summed E-state index contributed by atoms with van der Waals surface area (Å²) in [6, 6.07) is 18.8. The van der Waals surface area contributed by atoms with Crippen LogP contribution in [-0.4, -0.2) is 55.1 Å². The van der Waals surface area contributed by atoms with Gasteiger partial charge in [-0.3, -0.25) is 4.79 Å². The van der Waals surface area contributed by atoms with Gasteiger partial charge < -0.3 is 14.7 Å². The van der Waals surface area contributed by atoms with Crippen molar-refractivity contribution in [3.63, 3.8) is 0 Å². The van der Waals surface area contributed by atoms with Crippen molar-refractivity contribution in [1.29, 1.82) is 0 Å². The van der Waals surface area contributed by atoms with Gasteiger partial charge in [0.05, 0.1) is 16.1 Å². The number of hydrogen-bond acceptors (Lipinski definition) is 5. The van der Waals surface area contributed by atoms with Gasteiger partial charge in [-0.1, -0.05) is 41.7 Å². The lowest BCUT2D eigenvalue weighted by atomic mass is 9.96. The Morgan fingerprint density at radius 3 is 2.45 bits per heavy atom. The van der Waals surface area contributed by atoms with Crippen LogP contribution in [-0.2, 0) is 4.79 Å². The summed E-state index contributed by atoms with van der Waals surface area (Å²) in [6.45, 7) is 5.22. The quantitative estimate of drug-likeness (QED) is 0.662. The van der Waals surface area contributed by atoms with Gasteiger partial charge in [-0.25, -0.2) is 4.98 Å². The van der Waals surface area contributed by atoms with E-state index in [1.54, 1.807) is 11.3 Å². The zero-order chi connectivity index (χ0) is 19.6. The maximum absolute atomic E-state index is 13.2. The fraction of sp³-hybridized carbons (Fsp3) is 0.391. The molecule has 0 radical (unpaired) electrons. The van der Waals surface area contributed by atoms with Crippen molar-refractivity contribution in [2.45, 2.75) is 12.8 Å². The van der Waals surface area contributed by atoms with E-state index < -0.39 is 0 Å². The summed E-state index contributed by atoms with van der Waals surface area (Å²) in [5.41, 5.74) is 2.30. The molecule has 0 N–H and O–H groups in total. The molecule has 0 bridgehead atoms. The van der Waals surface area contributed by atoms with Crippen molar-refractivity contribution in [1.82, 2.24) is 9.88 Å². The first-order chi connectivity index (χ1) is 14.3. The van der Waals surface area contributed by atoms with Crippen LogP contribution >= 0.6 is 11.3 Å². The molecule has 0 aliphatic carbocycles. The Labute approximate surface area is 175 Å². The smallest absolute Gasteiger partial charge is 0.227 e. The van der Waals surface area contributed by atoms with Crippen molar-refractivity contribution in [3.05, 3.63) is 54.6 Å². The third-order valence-corrected chi connectivity index (χ3v) is 7.13. The van der Waals surface area contributed by atoms with Gasteiger partial charge in [0.15, 0.2) is 5.13 Å². The maximum Gasteiger partial charge on any atom is 0.227 e. The first-order valence-corrected chi connectivity index (χ1v) is 11.3. The Hall–Kier alpha value is -2.60. The minimum absolute atomic E-state index is 0.0824. The van der Waals surface area contributed by atoms with Crippen molar-refractivity contribution < 1.29 is 4.79 Å². The Morgan fingerprint density at radius 2 is 1.66 bits per heavy atom. The molecule has 3 heterocycles. The molecule has 150 valence electrons. The highest BCUT2D eigenvalue weighted by Gasteiger charge is 2.32. The monoisotopic (exact) mass is 406 g/mol. The van der Waals surface area contributed by atoms with Crippen LogP contribution in [0.5, 0.6) is 0 Å². The molecule has 1 amide bonds. The third kappa shape index (κ3) is 3.81. The maximum atomic E-state index is 13.2. The fourth-order valence-corrected chi connectivity index (χ4v) is 5.43. The topological polar surface area (TPSA) is 39.7 Å². The number of thiazole rings is 1. The molecule has 6 heteroatoms. The molecule has 2 aliphatic rings. The summed E-state index contributed by atoms with van der Waals surface area (Å²) >= 11 is 1.73. The number of aromatic nitrogens is 1. The largest absolute Gasteiger partial charge is 0.368 e. The first kappa shape index (κ1) is 18.4. The molecule has 2 fully saturated rings. The van der Waals surface area contributed by atoms with Crippen LogP contribution < -0.4 is 9.80 Å². The van der Waals surface area contributed by atoms with E-state index in [-0.39, 0.29) is 5.92 Å². The van der Waals surface area contributed by atoms with Crippen LogP contribution in [0, 0.1) is 5.92 Å². The van der Waals surface area contributed by atoms with Crippen LogP contribution in [0.15, 0.2) is 54.6 Å². The number of amides is 1. The number of hydrogen-bond donors (Lipinski definition) is 0. The van der Waals surface area contributed by atoms with Gasteiger partial charge in [-0.2, -0.15) is 0 Å². The minimum Gasteiger partial charge on any atom is -0.368 e. The highest BCUT2D eigenvalue weighted by Crippen LogP contribution is 2.32. The molecule has 2 aromatic carbocycles. The van der Waals surface area contributed by atoms with Crippen molar-refractivity contribution in [3.8, 4) is 0 Å². The standard InChI is InChI=1S/C23H26N4OS/c28-22(26-15-13-25(14-16-26)19-8-2-1-3-9-19)18-7-6-12-27(17-18)23-24-20-10-4-5-11-21(20)29-23/h1-5,8-11,18H,6-7,12-17H2. The van der Waals surface area contributed by atoms with Crippen molar-refractivity contribution >= 4 is 38.3 Å². The molecule has 1 aromatic heterocycles. The van der Waals surface area contributed by atoms with Gasteiger partial charge in [-0.05, 0) is 37.1 Å². The van der Waals surface area contributed by atoms with Gasteiger partial charge >= 0.3 is 0 Å². The van der Waals surface area contributed by atoms with Crippen LogP contribution in [0.25, 0.3) is 10.2 Å². The zero-order valence-electron chi connectivity index (χ0n) is 16.5. The molecular weight excluding hydrogens is 380 g/mol. The normalized spacial score (nSPS) is 20.3. The van der Waals surface area contributed by atoms with Crippen molar-refractivity contribution in [2.24, 2.45) is 5.92 Å². The highest BCUT2D eigenvalue weighted by molar-refractivity contribution is 7.22. The Bertz CT molecular complexity index is 948. The van der Waals surface area contributed by atoms with Crippen LogP contribution in [0.1, 0.15) is 12.8 Å². The molecule has 0 spiro atoms. The van der Waals surface area contributed by atoms with E-state index in [1.807, 2.05) is 12.1 Å². The van der Waals surface area contributed by atoms with E-state index in [9.17, 15) is 4.79 Å². The SMILES string of the molecule is O=C(C1CCCN(c2nc3ccccc3s2)C1)N1CCN(c2ccccc2)CC1. The second-order valence-electron chi connectivity index (χ2n) is 7.90. The number of carbonyl (C=O) groups is 1. The summed E-state index contributed by atoms with van der Waals surface area (Å²) in [4.78, 5) is 24.8. The number of anilines is 2. The summed E-state index contributed by atoms with van der Waals surface area (Å²) in [5.74, 6) is 0.405. The summed E-state index contributed by atoms with van der Waals surface area (Å²) in [5, 5.41) is 1.05. The molecule has 1 unspecified atom stereocenters. The van der Waals surface area contributed by atoms with Gasteiger partial charge in [0.25, 0.3) is 0 Å². The van der Waals surface area contributed by atoms with Crippen molar-refractivity contribution in [2.75, 3.05) is 49.1 Å². The number of rotatable bonds is 3. The van der Waals surface area contributed by atoms with Gasteiger partial charge in [0, 0.05) is 45.0 Å². The van der Waals surface area contributed by atoms with E-state index in [4.69, 9.17) is 4.98 Å². The molecular formula is C23H26N4OS. The molecule has 2 aliphatic heterocycles. The summed E-state index contributed by atoms with van der Waals surface area (Å²) in [7, 11) is 0. The average Bonchev–Trinajstić information content (AvgIpc) is 3.24. The van der Waals surface area contributed by atoms with E-state index in [2.05, 4.69) is 57.2 Å². The molecule has 5 nitrogen and oxygen atoms in total. The number of piperazine rings is 1. The second kappa shape index (κ2) is 8.03. The molecule has 3 aromatic rings. The number of nitrogens with zero attached hydrogens (tertiary/aromatic N) is 4. The summed E-state index contributed by atoms with van der Waals surface area (Å²) < 4.78 is 1.22. The van der Waals surface area contributed by atoms with Gasteiger partial charge in [0.1, 0.15) is 0 Å². The van der Waals surface area contributed by atoms with Gasteiger partial charge in [-0.15, -0.1) is 0 Å². The predicted molar refractivity (Wildman–Crippen MR) is 120 cm³/mol. The molecule has 5 rings (SSSR count). The highest BCUT2D eigenvalue weighted by atomic mass is 32.1. The van der Waals surface area contributed by atoms with Gasteiger partial charge in [0.2, 0.25) is 5.91 Å². The predicted octanol–water partition coefficient (Wildman–Crippen LogP) is 3.86. The van der Waals surface area contributed by atoms with Crippen LogP contribution in [0.2, 0.25) is 0 Å². The number of carbonyl (C=O) groups excluding carboxylic acids is 1. The molecule has 0 saturated carbocycles. The molecule has 29 heavy (non-hydrogen) atoms. The minimum atomic E-state index is 0.0824. The molecule has 2 saturated heterocycles. The molecule has 1 atom stereocenters. The number of benzene rings is 2. The lowest BCUT2D eigenvalue weighted by Gasteiger charge is -2.39. The Balaban J connectivity index is 1.22. The lowest BCUT2D eigenvalue weighted by Crippen LogP contribution is -2.52. The zero-order valence-corrected chi connectivity index (χ0v) is 17.4. The lowest BCUT2D eigenvalue weighted by molar-refractivity contribution is -0.136.